The summed E-state index contributed by atoms with van der Waals surface area (Å²) < 4.78 is 7.64. The van der Waals surface area contributed by atoms with Gasteiger partial charge in [0, 0.05) is 29.5 Å². The lowest BCUT2D eigenvalue weighted by Gasteiger charge is -2.29. The van der Waals surface area contributed by atoms with Gasteiger partial charge in [0.15, 0.2) is 5.11 Å². The highest BCUT2D eigenvalue weighted by Crippen LogP contribution is 2.41. The number of aryl methyl sites for hydroxylation is 1. The molecular formula is C26H25N5OS. The summed E-state index contributed by atoms with van der Waals surface area (Å²) in [6.07, 6.45) is 3.64. The summed E-state index contributed by atoms with van der Waals surface area (Å²) in [7, 11) is 1.68. The van der Waals surface area contributed by atoms with E-state index < -0.39 is 0 Å². The SMILES string of the molecule is COc1ccc(-n2c(C)ccc2[C@@H]2[C@H](c3ccccn3)NC(=S)N2Cc2ccccn2)cc1. The van der Waals surface area contributed by atoms with Gasteiger partial charge in [-0.25, -0.2) is 0 Å². The molecule has 1 fully saturated rings. The standard InChI is InChI=1S/C26H25N5OS/c1-18-9-14-23(31(18)20-10-12-21(32-2)13-11-20)25-24(22-8-4-6-16-28-22)29-26(33)30(25)17-19-7-3-5-15-27-19/h3-16,24-25H,17H2,1-2H3,(H,29,33)/t24-,25+/m0/s1. The summed E-state index contributed by atoms with van der Waals surface area (Å²) in [4.78, 5) is 11.4. The van der Waals surface area contributed by atoms with Gasteiger partial charge in [-0.05, 0) is 79.8 Å². The van der Waals surface area contributed by atoms with Crippen LogP contribution in [0.25, 0.3) is 5.69 Å². The van der Waals surface area contributed by atoms with Crippen LogP contribution in [0.1, 0.15) is 34.9 Å². The number of thiocarbonyl (C=S) groups is 1. The van der Waals surface area contributed by atoms with Gasteiger partial charge in [0.05, 0.1) is 37.1 Å². The molecule has 2 atom stereocenters. The molecule has 0 aliphatic carbocycles. The number of ether oxygens (including phenoxy) is 1. The first kappa shape index (κ1) is 21.2. The van der Waals surface area contributed by atoms with Gasteiger partial charge >= 0.3 is 0 Å². The molecule has 4 aromatic rings. The molecule has 0 bridgehead atoms. The molecule has 1 N–H and O–H groups in total. The van der Waals surface area contributed by atoms with Crippen LogP contribution in [-0.4, -0.2) is 31.7 Å². The molecular weight excluding hydrogens is 430 g/mol. The fourth-order valence-corrected chi connectivity index (χ4v) is 4.74. The first-order chi connectivity index (χ1) is 16.2. The van der Waals surface area contributed by atoms with E-state index in [-0.39, 0.29) is 12.1 Å². The monoisotopic (exact) mass is 455 g/mol. The molecule has 6 nitrogen and oxygen atoms in total. The zero-order valence-electron chi connectivity index (χ0n) is 18.6. The zero-order chi connectivity index (χ0) is 22.8. The van der Waals surface area contributed by atoms with E-state index in [1.165, 1.54) is 0 Å². The molecule has 0 radical (unpaired) electrons. The minimum Gasteiger partial charge on any atom is -0.497 e. The van der Waals surface area contributed by atoms with Crippen molar-refractivity contribution in [3.05, 3.63) is 108 Å². The molecule has 4 heterocycles. The number of hydrogen-bond donors (Lipinski definition) is 1. The summed E-state index contributed by atoms with van der Waals surface area (Å²) in [5.41, 5.74) is 5.27. The highest BCUT2D eigenvalue weighted by molar-refractivity contribution is 7.80. The topological polar surface area (TPSA) is 55.2 Å². The quantitative estimate of drug-likeness (QED) is 0.423. The maximum absolute atomic E-state index is 5.83. The van der Waals surface area contributed by atoms with E-state index in [4.69, 9.17) is 17.0 Å². The Labute approximate surface area is 198 Å². The number of pyridine rings is 2. The van der Waals surface area contributed by atoms with Gasteiger partial charge in [0.1, 0.15) is 5.75 Å². The van der Waals surface area contributed by atoms with Crippen molar-refractivity contribution in [2.24, 2.45) is 0 Å². The van der Waals surface area contributed by atoms with Gasteiger partial charge in [-0.2, -0.15) is 0 Å². The number of benzene rings is 1. The van der Waals surface area contributed by atoms with Crippen molar-refractivity contribution in [2.45, 2.75) is 25.6 Å². The Hall–Kier alpha value is -3.71. The summed E-state index contributed by atoms with van der Waals surface area (Å²) >= 11 is 5.83. The highest BCUT2D eigenvalue weighted by atomic mass is 32.1. The van der Waals surface area contributed by atoms with Crippen LogP contribution in [0, 0.1) is 6.92 Å². The van der Waals surface area contributed by atoms with Gasteiger partial charge < -0.3 is 19.5 Å². The van der Waals surface area contributed by atoms with E-state index in [2.05, 4.69) is 55.9 Å². The second-order valence-corrected chi connectivity index (χ2v) is 8.40. The fourth-order valence-electron chi connectivity index (χ4n) is 4.44. The number of nitrogens with zero attached hydrogens (tertiary/aromatic N) is 4. The van der Waals surface area contributed by atoms with Crippen molar-refractivity contribution in [3.8, 4) is 11.4 Å². The van der Waals surface area contributed by atoms with E-state index in [0.717, 1.165) is 34.2 Å². The molecule has 1 aliphatic heterocycles. The molecule has 0 unspecified atom stereocenters. The minimum atomic E-state index is -0.0892. The number of hydrogen-bond acceptors (Lipinski definition) is 4. The zero-order valence-corrected chi connectivity index (χ0v) is 19.4. The highest BCUT2D eigenvalue weighted by Gasteiger charge is 2.41. The van der Waals surface area contributed by atoms with Crippen LogP contribution in [0.5, 0.6) is 5.75 Å². The van der Waals surface area contributed by atoms with E-state index in [1.54, 1.807) is 7.11 Å². The third kappa shape index (κ3) is 4.07. The maximum Gasteiger partial charge on any atom is 0.170 e. The average Bonchev–Trinajstić information content (AvgIpc) is 3.39. The van der Waals surface area contributed by atoms with E-state index in [1.807, 2.05) is 60.9 Å². The summed E-state index contributed by atoms with van der Waals surface area (Å²) in [6.45, 7) is 2.72. The van der Waals surface area contributed by atoms with Crippen molar-refractivity contribution >= 4 is 17.3 Å². The number of rotatable bonds is 6. The lowest BCUT2D eigenvalue weighted by Crippen LogP contribution is -2.30. The van der Waals surface area contributed by atoms with Crippen LogP contribution in [0.3, 0.4) is 0 Å². The van der Waals surface area contributed by atoms with E-state index in [0.29, 0.717) is 11.7 Å². The Morgan fingerprint density at radius 2 is 1.70 bits per heavy atom. The van der Waals surface area contributed by atoms with Gasteiger partial charge in [-0.1, -0.05) is 12.1 Å². The van der Waals surface area contributed by atoms with Gasteiger partial charge in [0.25, 0.3) is 0 Å². The third-order valence-electron chi connectivity index (χ3n) is 6.00. The maximum atomic E-state index is 5.83. The Kier molecular flexibility index (Phi) is 5.79. The van der Waals surface area contributed by atoms with E-state index >= 15 is 0 Å². The molecule has 0 amide bonds. The van der Waals surface area contributed by atoms with Crippen molar-refractivity contribution in [2.75, 3.05) is 7.11 Å². The van der Waals surface area contributed by atoms with Crippen LogP contribution in [0.4, 0.5) is 0 Å². The molecule has 1 saturated heterocycles. The molecule has 0 spiro atoms. The Balaban J connectivity index is 1.62. The van der Waals surface area contributed by atoms with Crippen LogP contribution in [0.15, 0.2) is 85.2 Å². The van der Waals surface area contributed by atoms with Gasteiger partial charge in [-0.15, -0.1) is 0 Å². The smallest absolute Gasteiger partial charge is 0.170 e. The Bertz CT molecular complexity index is 1240. The predicted octanol–water partition coefficient (Wildman–Crippen LogP) is 4.76. The van der Waals surface area contributed by atoms with Crippen molar-refractivity contribution in [3.63, 3.8) is 0 Å². The van der Waals surface area contributed by atoms with Crippen LogP contribution in [-0.2, 0) is 6.54 Å². The summed E-state index contributed by atoms with van der Waals surface area (Å²) in [5, 5.41) is 4.22. The van der Waals surface area contributed by atoms with Crippen molar-refractivity contribution in [1.29, 1.82) is 0 Å². The Morgan fingerprint density at radius 1 is 0.939 bits per heavy atom. The van der Waals surface area contributed by atoms with Crippen LogP contribution >= 0.6 is 12.2 Å². The molecule has 33 heavy (non-hydrogen) atoms. The summed E-state index contributed by atoms with van der Waals surface area (Å²) in [5.74, 6) is 0.831. The predicted molar refractivity (Wildman–Crippen MR) is 132 cm³/mol. The molecule has 5 rings (SSSR count). The Morgan fingerprint density at radius 3 is 2.36 bits per heavy atom. The lowest BCUT2D eigenvalue weighted by molar-refractivity contribution is 0.299. The molecule has 7 heteroatoms. The third-order valence-corrected chi connectivity index (χ3v) is 6.35. The van der Waals surface area contributed by atoms with Crippen LogP contribution in [0.2, 0.25) is 0 Å². The minimum absolute atomic E-state index is 0.0646. The molecule has 0 saturated carbocycles. The van der Waals surface area contributed by atoms with Crippen LogP contribution < -0.4 is 10.1 Å². The average molecular weight is 456 g/mol. The number of methoxy groups -OCH3 is 1. The first-order valence-electron chi connectivity index (χ1n) is 10.9. The van der Waals surface area contributed by atoms with Gasteiger partial charge in [-0.3, -0.25) is 9.97 Å². The largest absolute Gasteiger partial charge is 0.497 e. The van der Waals surface area contributed by atoms with Gasteiger partial charge in [0.2, 0.25) is 0 Å². The molecule has 1 aliphatic rings. The second-order valence-electron chi connectivity index (χ2n) is 8.01. The number of aromatic nitrogens is 3. The second kappa shape index (κ2) is 9.03. The van der Waals surface area contributed by atoms with Crippen molar-refractivity contribution in [1.82, 2.24) is 24.8 Å². The lowest BCUT2D eigenvalue weighted by atomic mass is 10.0. The molecule has 166 valence electrons. The fraction of sp³-hybridized carbons (Fsp3) is 0.192. The molecule has 1 aromatic carbocycles. The van der Waals surface area contributed by atoms with Crippen molar-refractivity contribution < 1.29 is 4.74 Å². The first-order valence-corrected chi connectivity index (χ1v) is 11.3. The summed E-state index contributed by atoms with van der Waals surface area (Å²) in [6, 6.07) is 24.3. The van der Waals surface area contributed by atoms with E-state index in [9.17, 15) is 0 Å². The molecule has 3 aromatic heterocycles. The normalized spacial score (nSPS) is 17.8. The number of nitrogens with one attached hydrogen (secondary N) is 1.